The van der Waals surface area contributed by atoms with Gasteiger partial charge in [0.1, 0.15) is 0 Å². The molecule has 0 aliphatic heterocycles. The summed E-state index contributed by atoms with van der Waals surface area (Å²) in [6.07, 6.45) is 0. The third-order valence-corrected chi connectivity index (χ3v) is 0.622. The van der Waals surface area contributed by atoms with E-state index in [1.54, 1.807) is 0 Å². The molecule has 9 heavy (non-hydrogen) atoms. The number of nitro groups is 1. The second-order valence-corrected chi connectivity index (χ2v) is 1.40. The number of nitrogens with zero attached hydrogens (tertiary/aromatic N) is 1. The van der Waals surface area contributed by atoms with E-state index in [-0.39, 0.29) is 0 Å². The summed E-state index contributed by atoms with van der Waals surface area (Å²) in [6.45, 7) is 2.25. The van der Waals surface area contributed by atoms with Crippen molar-refractivity contribution in [2.24, 2.45) is 0 Å². The van der Waals surface area contributed by atoms with Crippen LogP contribution in [0.15, 0.2) is 12.2 Å². The van der Waals surface area contributed by atoms with Crippen molar-refractivity contribution in [3.63, 3.8) is 0 Å². The number of aliphatic carboxylic acids is 1. The third-order valence-electron chi connectivity index (χ3n) is 0.622. The van der Waals surface area contributed by atoms with Crippen molar-refractivity contribution in [1.29, 1.82) is 0 Å². The van der Waals surface area contributed by atoms with Gasteiger partial charge in [0.15, 0.2) is 0 Å². The summed E-state index contributed by atoms with van der Waals surface area (Å²) >= 11 is 0. The third kappa shape index (κ3) is 3.22. The standard InChI is InChI=1S/C4H5NO4/c1-3(4(6)7)2-5(8)9/h1-2H2,(H,6,7). The van der Waals surface area contributed by atoms with Crippen molar-refractivity contribution < 1.29 is 14.8 Å². The van der Waals surface area contributed by atoms with Gasteiger partial charge in [0.05, 0.1) is 5.57 Å². The van der Waals surface area contributed by atoms with Crippen LogP contribution in [0.1, 0.15) is 0 Å². The molecular weight excluding hydrogens is 126 g/mol. The van der Waals surface area contributed by atoms with Gasteiger partial charge in [-0.15, -0.1) is 0 Å². The maximum atomic E-state index is 9.83. The quantitative estimate of drug-likeness (QED) is 0.329. The van der Waals surface area contributed by atoms with Crippen LogP contribution in [-0.4, -0.2) is 22.5 Å². The molecule has 0 spiro atoms. The maximum Gasteiger partial charge on any atom is 0.337 e. The molecule has 1 N–H and O–H groups in total. The number of carboxylic acid groups (broad SMARTS) is 1. The highest BCUT2D eigenvalue weighted by Crippen LogP contribution is 1.88. The lowest BCUT2D eigenvalue weighted by Gasteiger charge is -1.89. The Kier molecular flexibility index (Phi) is 2.37. The second-order valence-electron chi connectivity index (χ2n) is 1.40. The van der Waals surface area contributed by atoms with Crippen LogP contribution in [0.3, 0.4) is 0 Å². The van der Waals surface area contributed by atoms with Crippen LogP contribution in [0.25, 0.3) is 0 Å². The van der Waals surface area contributed by atoms with Gasteiger partial charge in [-0.25, -0.2) is 4.79 Å². The van der Waals surface area contributed by atoms with Crippen molar-refractivity contribution in [1.82, 2.24) is 0 Å². The van der Waals surface area contributed by atoms with Crippen LogP contribution < -0.4 is 0 Å². The van der Waals surface area contributed by atoms with Gasteiger partial charge >= 0.3 is 5.97 Å². The number of hydrogen-bond acceptors (Lipinski definition) is 3. The molecule has 5 heteroatoms. The van der Waals surface area contributed by atoms with E-state index in [2.05, 4.69) is 6.58 Å². The first kappa shape index (κ1) is 7.61. The van der Waals surface area contributed by atoms with Crippen LogP contribution in [0, 0.1) is 10.1 Å². The molecule has 0 aromatic carbocycles. The summed E-state index contributed by atoms with van der Waals surface area (Å²) in [5.41, 5.74) is -0.403. The van der Waals surface area contributed by atoms with Gasteiger partial charge in [0, 0.05) is 4.92 Å². The molecule has 50 valence electrons. The van der Waals surface area contributed by atoms with Gasteiger partial charge in [0.25, 0.3) is 0 Å². The Morgan fingerprint density at radius 2 is 2.22 bits per heavy atom. The monoisotopic (exact) mass is 131 g/mol. The molecule has 0 aliphatic rings. The van der Waals surface area contributed by atoms with Crippen LogP contribution in [0.2, 0.25) is 0 Å². The molecule has 0 atom stereocenters. The number of rotatable bonds is 3. The molecule has 0 rings (SSSR count). The highest BCUT2D eigenvalue weighted by atomic mass is 16.6. The van der Waals surface area contributed by atoms with E-state index in [1.165, 1.54) is 0 Å². The van der Waals surface area contributed by atoms with Crippen LogP contribution in [0.5, 0.6) is 0 Å². The van der Waals surface area contributed by atoms with Crippen LogP contribution in [0.4, 0.5) is 0 Å². The Balaban J connectivity index is 3.79. The lowest BCUT2D eigenvalue weighted by Crippen LogP contribution is -2.10. The van der Waals surface area contributed by atoms with Crippen molar-refractivity contribution in [2.45, 2.75) is 0 Å². The van der Waals surface area contributed by atoms with E-state index in [0.29, 0.717) is 0 Å². The van der Waals surface area contributed by atoms with Gasteiger partial charge in [-0.1, -0.05) is 6.58 Å². The molecule has 0 aromatic rings. The molecule has 0 amide bonds. The molecular formula is C4H5NO4. The Morgan fingerprint density at radius 1 is 1.78 bits per heavy atom. The second kappa shape index (κ2) is 2.81. The normalized spacial score (nSPS) is 8.44. The summed E-state index contributed by atoms with van der Waals surface area (Å²) in [4.78, 5) is 18.7. The largest absolute Gasteiger partial charge is 0.478 e. The number of hydrogen-bond donors (Lipinski definition) is 1. The Morgan fingerprint density at radius 3 is 2.33 bits per heavy atom. The molecule has 0 saturated heterocycles. The average Bonchev–Trinajstić information content (AvgIpc) is 1.63. The minimum absolute atomic E-state index is 0.403. The van der Waals surface area contributed by atoms with Gasteiger partial charge in [-0.2, -0.15) is 0 Å². The number of carbonyl (C=O) groups is 1. The fourth-order valence-corrected chi connectivity index (χ4v) is 0.223. The molecule has 0 fully saturated rings. The van der Waals surface area contributed by atoms with Crippen molar-refractivity contribution in [3.8, 4) is 0 Å². The summed E-state index contributed by atoms with van der Waals surface area (Å²) < 4.78 is 0. The van der Waals surface area contributed by atoms with Gasteiger partial charge in [-0.05, 0) is 0 Å². The smallest absolute Gasteiger partial charge is 0.337 e. The first-order chi connectivity index (χ1) is 4.04. The highest BCUT2D eigenvalue weighted by molar-refractivity contribution is 5.85. The van der Waals surface area contributed by atoms with Gasteiger partial charge < -0.3 is 5.11 Å². The van der Waals surface area contributed by atoms with Crippen molar-refractivity contribution in [2.75, 3.05) is 6.54 Å². The predicted octanol–water partition coefficient (Wildman–Crippen LogP) is -0.0961. The predicted molar refractivity (Wildman–Crippen MR) is 28.6 cm³/mol. The molecule has 0 aliphatic carbocycles. The number of carboxylic acids is 1. The summed E-state index contributed by atoms with van der Waals surface area (Å²) in [5.74, 6) is -1.33. The SMILES string of the molecule is C=C(C[N+](=O)[O-])C(=O)O. The van der Waals surface area contributed by atoms with E-state index >= 15 is 0 Å². The molecule has 0 unspecified atom stereocenters. The zero-order valence-electron chi connectivity index (χ0n) is 4.53. The molecule has 5 nitrogen and oxygen atoms in total. The van der Waals surface area contributed by atoms with E-state index in [9.17, 15) is 14.9 Å². The summed E-state index contributed by atoms with van der Waals surface area (Å²) in [7, 11) is 0. The molecule has 0 heterocycles. The van der Waals surface area contributed by atoms with Crippen molar-refractivity contribution >= 4 is 5.97 Å². The lowest BCUT2D eigenvalue weighted by molar-refractivity contribution is -0.470. The topological polar surface area (TPSA) is 80.4 Å². The maximum absolute atomic E-state index is 9.83. The molecule has 0 aromatic heterocycles. The summed E-state index contributed by atoms with van der Waals surface area (Å²) in [5, 5.41) is 17.6. The summed E-state index contributed by atoms with van der Waals surface area (Å²) in [6, 6.07) is 0. The Hall–Kier alpha value is -1.39. The molecule has 0 saturated carbocycles. The van der Waals surface area contributed by atoms with E-state index < -0.39 is 23.0 Å². The zero-order valence-corrected chi connectivity index (χ0v) is 4.53. The first-order valence-electron chi connectivity index (χ1n) is 2.07. The highest BCUT2D eigenvalue weighted by Gasteiger charge is 2.09. The van der Waals surface area contributed by atoms with Gasteiger partial charge in [-0.3, -0.25) is 10.1 Å². The fraction of sp³-hybridized carbons (Fsp3) is 0.250. The minimum atomic E-state index is -1.33. The zero-order chi connectivity index (χ0) is 7.44. The van der Waals surface area contributed by atoms with Crippen LogP contribution >= 0.6 is 0 Å². The Labute approximate surface area is 50.8 Å². The fourth-order valence-electron chi connectivity index (χ4n) is 0.223. The Bertz CT molecular complexity index is 162. The lowest BCUT2D eigenvalue weighted by atomic mass is 10.3. The van der Waals surface area contributed by atoms with Gasteiger partial charge in [0.2, 0.25) is 6.54 Å². The molecule has 0 bridgehead atoms. The minimum Gasteiger partial charge on any atom is -0.478 e. The van der Waals surface area contributed by atoms with E-state index in [0.717, 1.165) is 0 Å². The van der Waals surface area contributed by atoms with E-state index in [4.69, 9.17) is 5.11 Å². The first-order valence-corrected chi connectivity index (χ1v) is 2.07. The molecule has 0 radical (unpaired) electrons. The van der Waals surface area contributed by atoms with Crippen molar-refractivity contribution in [3.05, 3.63) is 22.3 Å². The van der Waals surface area contributed by atoms with Crippen LogP contribution in [-0.2, 0) is 4.79 Å². The average molecular weight is 131 g/mol. The van der Waals surface area contributed by atoms with E-state index in [1.807, 2.05) is 0 Å².